The minimum atomic E-state index is 0.223. The molecule has 1 aromatic heterocycles. The minimum Gasteiger partial charge on any atom is -0.348 e. The van der Waals surface area contributed by atoms with Crippen LogP contribution >= 0.6 is 11.3 Å². The fourth-order valence-corrected chi connectivity index (χ4v) is 7.37. The van der Waals surface area contributed by atoms with Crippen LogP contribution < -0.4 is 4.90 Å². The predicted molar refractivity (Wildman–Crippen MR) is 109 cm³/mol. The van der Waals surface area contributed by atoms with Gasteiger partial charge in [0, 0.05) is 18.5 Å². The van der Waals surface area contributed by atoms with Crippen molar-refractivity contribution < 1.29 is 4.79 Å². The summed E-state index contributed by atoms with van der Waals surface area (Å²) in [6.45, 7) is 6.64. The van der Waals surface area contributed by atoms with E-state index in [1.807, 2.05) is 0 Å². The number of unbranched alkanes of at least 4 members (excludes halogenated alkanes) is 2. The summed E-state index contributed by atoms with van der Waals surface area (Å²) in [6.07, 6.45) is 14.1. The van der Waals surface area contributed by atoms with Crippen molar-refractivity contribution in [2.45, 2.75) is 83.5 Å². The lowest BCUT2D eigenvalue weighted by Gasteiger charge is -2.56. The van der Waals surface area contributed by atoms with Crippen molar-refractivity contribution in [1.82, 2.24) is 4.98 Å². The van der Waals surface area contributed by atoms with Crippen LogP contribution in [0.25, 0.3) is 0 Å². The Hall–Kier alpha value is -0.900. The van der Waals surface area contributed by atoms with Gasteiger partial charge in [-0.1, -0.05) is 38.0 Å². The van der Waals surface area contributed by atoms with Gasteiger partial charge >= 0.3 is 0 Å². The van der Waals surface area contributed by atoms with Crippen molar-refractivity contribution in [2.75, 3.05) is 18.0 Å². The molecule has 4 heteroatoms. The zero-order valence-electron chi connectivity index (χ0n) is 16.5. The number of nitrogens with zero attached hydrogens (tertiary/aromatic N) is 2. The summed E-state index contributed by atoms with van der Waals surface area (Å²) in [7, 11) is 0. The second kappa shape index (κ2) is 7.61. The quantitative estimate of drug-likeness (QED) is 0.510. The van der Waals surface area contributed by atoms with E-state index >= 15 is 0 Å². The Morgan fingerprint density at radius 1 is 1.04 bits per heavy atom. The van der Waals surface area contributed by atoms with Gasteiger partial charge < -0.3 is 4.90 Å². The van der Waals surface area contributed by atoms with Crippen LogP contribution in [0.4, 0.5) is 5.13 Å². The first-order valence-corrected chi connectivity index (χ1v) is 11.7. The molecule has 1 aromatic rings. The number of hydrogen-bond acceptors (Lipinski definition) is 4. The van der Waals surface area contributed by atoms with E-state index in [9.17, 15) is 4.79 Å². The Morgan fingerprint density at radius 2 is 1.58 bits per heavy atom. The van der Waals surface area contributed by atoms with Crippen LogP contribution in [0.5, 0.6) is 0 Å². The van der Waals surface area contributed by atoms with Gasteiger partial charge in [-0.25, -0.2) is 4.98 Å². The zero-order valence-corrected chi connectivity index (χ0v) is 17.3. The Morgan fingerprint density at radius 3 is 2.04 bits per heavy atom. The Kier molecular flexibility index (Phi) is 5.41. The van der Waals surface area contributed by atoms with Gasteiger partial charge in [-0.05, 0) is 69.1 Å². The Balaban J connectivity index is 1.63. The van der Waals surface area contributed by atoms with Gasteiger partial charge in [0.2, 0.25) is 0 Å². The van der Waals surface area contributed by atoms with E-state index < -0.39 is 0 Å². The molecule has 0 aromatic carbocycles. The topological polar surface area (TPSA) is 33.2 Å². The molecule has 3 nitrogen and oxygen atoms in total. The molecular formula is C22H34N2OS. The second-order valence-electron chi connectivity index (χ2n) is 9.22. The van der Waals surface area contributed by atoms with Crippen LogP contribution in [-0.2, 0) is 5.41 Å². The van der Waals surface area contributed by atoms with Crippen LogP contribution in [0.1, 0.15) is 93.4 Å². The second-order valence-corrected chi connectivity index (χ2v) is 10.2. The van der Waals surface area contributed by atoms with Gasteiger partial charge in [-0.3, -0.25) is 4.79 Å². The smallest absolute Gasteiger partial charge is 0.186 e. The van der Waals surface area contributed by atoms with E-state index in [2.05, 4.69) is 18.7 Å². The van der Waals surface area contributed by atoms with Gasteiger partial charge in [-0.15, -0.1) is 0 Å². The summed E-state index contributed by atoms with van der Waals surface area (Å²) in [4.78, 5) is 20.5. The van der Waals surface area contributed by atoms with Crippen LogP contribution in [-0.4, -0.2) is 24.4 Å². The van der Waals surface area contributed by atoms with Crippen molar-refractivity contribution in [1.29, 1.82) is 0 Å². The van der Waals surface area contributed by atoms with Gasteiger partial charge in [0.05, 0.1) is 10.6 Å². The summed E-state index contributed by atoms with van der Waals surface area (Å²) in [6, 6.07) is 0. The molecule has 5 rings (SSSR count). The normalized spacial score (nSPS) is 32.2. The van der Waals surface area contributed by atoms with E-state index in [0.29, 0.717) is 0 Å². The summed E-state index contributed by atoms with van der Waals surface area (Å²) in [5.74, 6) is 2.67. The van der Waals surface area contributed by atoms with Crippen LogP contribution in [0, 0.1) is 17.8 Å². The number of aldehydes is 1. The van der Waals surface area contributed by atoms with Crippen molar-refractivity contribution in [2.24, 2.45) is 17.8 Å². The molecule has 0 radical (unpaired) electrons. The number of hydrogen-bond donors (Lipinski definition) is 0. The highest BCUT2D eigenvalue weighted by atomic mass is 32.1. The Labute approximate surface area is 162 Å². The third kappa shape index (κ3) is 3.34. The molecule has 26 heavy (non-hydrogen) atoms. The maximum Gasteiger partial charge on any atom is 0.186 e. The SMILES string of the molecule is CCCCN(CCCC)c1nc(C23CC4CC(CC(C4)C2)C3)c(C=O)s1. The molecule has 4 bridgehead atoms. The predicted octanol–water partition coefficient (Wildman–Crippen LogP) is 5.83. The molecule has 4 aliphatic carbocycles. The highest BCUT2D eigenvalue weighted by Crippen LogP contribution is 2.61. The molecule has 0 atom stereocenters. The standard InChI is InChI=1S/C22H34N2OS/c1-3-5-7-24(8-6-4-2)21-23-20(19(15-25)26-21)22-12-16-9-17(13-22)11-18(10-16)14-22/h15-18H,3-14H2,1-2H3. The van der Waals surface area contributed by atoms with E-state index in [1.54, 1.807) is 11.3 Å². The number of carbonyl (C=O) groups excluding carboxylic acids is 1. The van der Waals surface area contributed by atoms with Crippen LogP contribution in [0.3, 0.4) is 0 Å². The fraction of sp³-hybridized carbons (Fsp3) is 0.818. The average Bonchev–Trinajstić information content (AvgIpc) is 3.06. The summed E-state index contributed by atoms with van der Waals surface area (Å²) in [5.41, 5.74) is 1.41. The lowest BCUT2D eigenvalue weighted by molar-refractivity contribution is -0.00713. The average molecular weight is 375 g/mol. The largest absolute Gasteiger partial charge is 0.348 e. The third-order valence-corrected chi connectivity index (χ3v) is 8.16. The first-order valence-electron chi connectivity index (χ1n) is 10.9. The molecule has 0 amide bonds. The molecule has 4 fully saturated rings. The molecule has 0 N–H and O–H groups in total. The zero-order chi connectivity index (χ0) is 18.1. The van der Waals surface area contributed by atoms with Gasteiger partial charge in [0.15, 0.2) is 11.4 Å². The molecule has 144 valence electrons. The van der Waals surface area contributed by atoms with Gasteiger partial charge in [-0.2, -0.15) is 0 Å². The minimum absolute atomic E-state index is 0.223. The van der Waals surface area contributed by atoms with Gasteiger partial charge in [0.1, 0.15) is 0 Å². The van der Waals surface area contributed by atoms with E-state index in [1.165, 1.54) is 69.9 Å². The van der Waals surface area contributed by atoms with Crippen molar-refractivity contribution in [3.05, 3.63) is 10.6 Å². The lowest BCUT2D eigenvalue weighted by atomic mass is 9.48. The van der Waals surface area contributed by atoms with E-state index in [0.717, 1.165) is 47.1 Å². The maximum absolute atomic E-state index is 11.9. The summed E-state index contributed by atoms with van der Waals surface area (Å²) >= 11 is 1.66. The van der Waals surface area contributed by atoms with Gasteiger partial charge in [0.25, 0.3) is 0 Å². The van der Waals surface area contributed by atoms with E-state index in [4.69, 9.17) is 4.98 Å². The molecule has 0 saturated heterocycles. The first-order chi connectivity index (χ1) is 12.7. The summed E-state index contributed by atoms with van der Waals surface area (Å²) in [5, 5.41) is 1.11. The summed E-state index contributed by atoms with van der Waals surface area (Å²) < 4.78 is 0. The van der Waals surface area contributed by atoms with Crippen molar-refractivity contribution in [3.63, 3.8) is 0 Å². The monoisotopic (exact) mass is 374 g/mol. The highest BCUT2D eigenvalue weighted by Gasteiger charge is 2.53. The fourth-order valence-electron chi connectivity index (χ4n) is 6.32. The van der Waals surface area contributed by atoms with Crippen molar-refractivity contribution in [3.8, 4) is 0 Å². The molecule has 0 aliphatic heterocycles. The first kappa shape index (κ1) is 18.5. The highest BCUT2D eigenvalue weighted by molar-refractivity contribution is 7.17. The van der Waals surface area contributed by atoms with Crippen LogP contribution in [0.15, 0.2) is 0 Å². The van der Waals surface area contributed by atoms with Crippen LogP contribution in [0.2, 0.25) is 0 Å². The number of thiazole rings is 1. The lowest BCUT2D eigenvalue weighted by Crippen LogP contribution is -2.49. The third-order valence-electron chi connectivity index (χ3n) is 7.12. The maximum atomic E-state index is 11.9. The number of carbonyl (C=O) groups is 1. The molecule has 4 saturated carbocycles. The molecule has 4 aliphatic rings. The number of anilines is 1. The molecular weight excluding hydrogens is 340 g/mol. The van der Waals surface area contributed by atoms with Crippen molar-refractivity contribution >= 4 is 22.8 Å². The molecule has 0 unspecified atom stereocenters. The van der Waals surface area contributed by atoms with E-state index in [-0.39, 0.29) is 5.41 Å². The molecule has 0 spiro atoms. The number of aromatic nitrogens is 1. The molecule has 1 heterocycles. The number of rotatable bonds is 9. The Bertz CT molecular complexity index is 595.